The largest absolute Gasteiger partial charge is 0.496 e. The maximum Gasteiger partial charge on any atom is 0.166 e. The van der Waals surface area contributed by atoms with Gasteiger partial charge in [0.05, 0.1) is 16.7 Å². The third kappa shape index (κ3) is 3.33. The lowest BCUT2D eigenvalue weighted by Crippen LogP contribution is -2.30. The third-order valence-corrected chi connectivity index (χ3v) is 7.46. The van der Waals surface area contributed by atoms with Gasteiger partial charge in [-0.05, 0) is 43.9 Å². The number of allylic oxidation sites excluding steroid dienone is 4. The lowest BCUT2D eigenvalue weighted by Gasteiger charge is -2.29. The summed E-state index contributed by atoms with van der Waals surface area (Å²) in [6.45, 7) is 2.79. The molecule has 0 aromatic carbocycles. The van der Waals surface area contributed by atoms with Gasteiger partial charge in [0.25, 0.3) is 0 Å². The molecule has 3 rings (SSSR count). The van der Waals surface area contributed by atoms with Crippen molar-refractivity contribution in [2.45, 2.75) is 58.3 Å². The van der Waals surface area contributed by atoms with Gasteiger partial charge >= 0.3 is 0 Å². The minimum absolute atomic E-state index is 0.171. The molecule has 0 bridgehead atoms. The van der Waals surface area contributed by atoms with Gasteiger partial charge in [-0.25, -0.2) is 0 Å². The van der Waals surface area contributed by atoms with Gasteiger partial charge in [0, 0.05) is 22.7 Å². The maximum absolute atomic E-state index is 13.1. The molecule has 0 aromatic heterocycles. The van der Waals surface area contributed by atoms with Crippen LogP contribution in [0, 0.1) is 17.3 Å². The van der Waals surface area contributed by atoms with Crippen LogP contribution < -0.4 is 0 Å². The summed E-state index contributed by atoms with van der Waals surface area (Å²) < 4.78 is 5.90. The Morgan fingerprint density at radius 2 is 1.92 bits per heavy atom. The van der Waals surface area contributed by atoms with Crippen LogP contribution in [0.3, 0.4) is 0 Å². The van der Waals surface area contributed by atoms with Crippen molar-refractivity contribution >= 4 is 44.9 Å². The summed E-state index contributed by atoms with van der Waals surface area (Å²) in [5.74, 6) is 1.67. The van der Waals surface area contributed by atoms with E-state index in [-0.39, 0.29) is 17.1 Å². The average Bonchev–Trinajstić information content (AvgIpc) is 3.17. The molecule has 2 saturated carbocycles. The second-order valence-corrected chi connectivity index (χ2v) is 9.09. The summed E-state index contributed by atoms with van der Waals surface area (Å²) in [7, 11) is 0. The Labute approximate surface area is 163 Å². The van der Waals surface area contributed by atoms with E-state index in [1.165, 1.54) is 12.8 Å². The fraction of sp³-hybridized carbons (Fsp3) is 0.737. The monoisotopic (exact) mass is 434 g/mol. The molecule has 0 saturated heterocycles. The summed E-state index contributed by atoms with van der Waals surface area (Å²) in [6.07, 6.45) is 8.47. The smallest absolute Gasteiger partial charge is 0.166 e. The van der Waals surface area contributed by atoms with Crippen molar-refractivity contribution in [1.82, 2.24) is 0 Å². The highest BCUT2D eigenvalue weighted by atomic mass is 79.9. The first-order valence-electron chi connectivity index (χ1n) is 9.01. The Bertz CT molecular complexity index is 578. The molecule has 0 spiro atoms. The second-order valence-electron chi connectivity index (χ2n) is 7.54. The predicted molar refractivity (Wildman–Crippen MR) is 103 cm³/mol. The van der Waals surface area contributed by atoms with Crippen LogP contribution in [0.25, 0.3) is 0 Å². The van der Waals surface area contributed by atoms with Gasteiger partial charge in [-0.15, -0.1) is 0 Å². The Morgan fingerprint density at radius 3 is 2.58 bits per heavy atom. The molecule has 134 valence electrons. The van der Waals surface area contributed by atoms with Crippen LogP contribution in [-0.2, 0) is 9.53 Å². The van der Waals surface area contributed by atoms with E-state index in [4.69, 9.17) is 27.9 Å². The van der Waals surface area contributed by atoms with Crippen molar-refractivity contribution in [3.63, 3.8) is 0 Å². The van der Waals surface area contributed by atoms with Crippen molar-refractivity contribution in [3.05, 3.63) is 21.4 Å². The number of hydrogen-bond acceptors (Lipinski definition) is 2. The molecule has 2 fully saturated rings. The fourth-order valence-electron chi connectivity index (χ4n) is 4.64. The highest BCUT2D eigenvalue weighted by Crippen LogP contribution is 2.56. The molecule has 0 radical (unpaired) electrons. The molecule has 3 aliphatic carbocycles. The number of hydrogen-bond donors (Lipinski definition) is 0. The Kier molecular flexibility index (Phi) is 6.04. The number of carbonyl (C=O) groups is 1. The molecule has 3 aliphatic rings. The van der Waals surface area contributed by atoms with Crippen LogP contribution in [0.4, 0.5) is 0 Å². The zero-order chi connectivity index (χ0) is 17.3. The number of fused-ring (bicyclic) bond motifs is 1. The SMILES string of the molecule is CC1(C2CCCC2)CC2CC(OCCCCBr)=C(Cl)C(Cl)=C2C1=O. The van der Waals surface area contributed by atoms with Crippen molar-refractivity contribution in [3.8, 4) is 0 Å². The van der Waals surface area contributed by atoms with E-state index in [1.807, 2.05) is 0 Å². The predicted octanol–water partition coefficient (Wildman–Crippen LogP) is 6.31. The van der Waals surface area contributed by atoms with Crippen LogP contribution in [0.1, 0.15) is 58.3 Å². The number of carbonyl (C=O) groups excluding carboxylic acids is 1. The Morgan fingerprint density at radius 1 is 1.21 bits per heavy atom. The third-order valence-electron chi connectivity index (χ3n) is 6.01. The number of Topliss-reactive ketones (excluding diaryl/α,β-unsaturated/α-hetero) is 1. The minimum Gasteiger partial charge on any atom is -0.496 e. The average molecular weight is 436 g/mol. The first-order valence-corrected chi connectivity index (χ1v) is 10.9. The topological polar surface area (TPSA) is 26.3 Å². The van der Waals surface area contributed by atoms with Gasteiger partial charge in [0.1, 0.15) is 5.76 Å². The molecule has 2 nitrogen and oxygen atoms in total. The van der Waals surface area contributed by atoms with E-state index in [0.717, 1.165) is 48.8 Å². The van der Waals surface area contributed by atoms with Gasteiger partial charge in [0.15, 0.2) is 5.78 Å². The number of ketones is 1. The maximum atomic E-state index is 13.1. The van der Waals surface area contributed by atoms with Gasteiger partial charge in [-0.1, -0.05) is 58.9 Å². The lowest BCUT2D eigenvalue weighted by molar-refractivity contribution is -0.124. The van der Waals surface area contributed by atoms with E-state index >= 15 is 0 Å². The first-order chi connectivity index (χ1) is 11.5. The van der Waals surface area contributed by atoms with Crippen molar-refractivity contribution < 1.29 is 9.53 Å². The molecule has 24 heavy (non-hydrogen) atoms. The lowest BCUT2D eigenvalue weighted by atomic mass is 9.73. The molecule has 0 amide bonds. The summed E-state index contributed by atoms with van der Waals surface area (Å²) in [6, 6.07) is 0. The molecular weight excluding hydrogens is 411 g/mol. The van der Waals surface area contributed by atoms with Crippen LogP contribution in [-0.4, -0.2) is 17.7 Å². The molecule has 0 aliphatic heterocycles. The summed E-state index contributed by atoms with van der Waals surface area (Å²) in [4.78, 5) is 13.1. The van der Waals surface area contributed by atoms with Crippen molar-refractivity contribution in [2.24, 2.45) is 17.3 Å². The van der Waals surface area contributed by atoms with E-state index in [1.54, 1.807) is 0 Å². The van der Waals surface area contributed by atoms with Gasteiger partial charge in [0.2, 0.25) is 0 Å². The van der Waals surface area contributed by atoms with Crippen LogP contribution in [0.5, 0.6) is 0 Å². The summed E-state index contributed by atoms with van der Waals surface area (Å²) >= 11 is 16.4. The quantitative estimate of drug-likeness (QED) is 0.360. The molecule has 0 heterocycles. The molecule has 5 heteroatoms. The first kappa shape index (κ1) is 18.8. The zero-order valence-electron chi connectivity index (χ0n) is 14.2. The molecule has 2 unspecified atom stereocenters. The summed E-state index contributed by atoms with van der Waals surface area (Å²) in [5.41, 5.74) is 0.503. The van der Waals surface area contributed by atoms with Crippen LogP contribution >= 0.6 is 39.1 Å². The molecular formula is C19H25BrCl2O2. The minimum atomic E-state index is -0.265. The molecule has 0 N–H and O–H groups in total. The van der Waals surface area contributed by atoms with E-state index in [2.05, 4.69) is 22.9 Å². The molecule has 2 atom stereocenters. The number of alkyl halides is 1. The van der Waals surface area contributed by atoms with E-state index in [9.17, 15) is 4.79 Å². The molecule has 0 aromatic rings. The standard InChI is InChI=1S/C19H25BrCl2O2/c1-19(13-6-2-3-7-13)11-12-10-14(24-9-5-4-8-20)16(21)17(22)15(12)18(19)23/h12-13H,2-11H2,1H3. The van der Waals surface area contributed by atoms with E-state index < -0.39 is 0 Å². The Balaban J connectivity index is 1.77. The zero-order valence-corrected chi connectivity index (χ0v) is 17.3. The van der Waals surface area contributed by atoms with Crippen molar-refractivity contribution in [1.29, 1.82) is 0 Å². The second kappa shape index (κ2) is 7.72. The highest BCUT2D eigenvalue weighted by Gasteiger charge is 2.53. The number of halogens is 3. The van der Waals surface area contributed by atoms with Crippen molar-refractivity contribution in [2.75, 3.05) is 11.9 Å². The number of ether oxygens (including phenoxy) is 1. The van der Waals surface area contributed by atoms with Gasteiger partial charge in [-0.2, -0.15) is 0 Å². The fourth-order valence-corrected chi connectivity index (χ4v) is 5.61. The van der Waals surface area contributed by atoms with Gasteiger partial charge in [-0.3, -0.25) is 4.79 Å². The number of rotatable bonds is 6. The summed E-state index contributed by atoms with van der Waals surface area (Å²) in [5, 5.41) is 1.87. The number of unbranched alkanes of at least 4 members (excludes halogenated alkanes) is 1. The van der Waals surface area contributed by atoms with E-state index in [0.29, 0.717) is 29.0 Å². The van der Waals surface area contributed by atoms with Crippen LogP contribution in [0.15, 0.2) is 21.4 Å². The van der Waals surface area contributed by atoms with Crippen LogP contribution in [0.2, 0.25) is 0 Å². The highest BCUT2D eigenvalue weighted by molar-refractivity contribution is 9.09. The Hall–Kier alpha value is 0.01000. The normalized spacial score (nSPS) is 31.2. The van der Waals surface area contributed by atoms with Gasteiger partial charge < -0.3 is 4.74 Å².